The van der Waals surface area contributed by atoms with E-state index in [0.29, 0.717) is 11.3 Å². The molecule has 3 aromatic rings. The highest BCUT2D eigenvalue weighted by molar-refractivity contribution is 6.13. The molecule has 1 aliphatic rings. The van der Waals surface area contributed by atoms with Gasteiger partial charge in [-0.2, -0.15) is 0 Å². The van der Waals surface area contributed by atoms with Gasteiger partial charge in [0.25, 0.3) is 11.6 Å². The second-order valence-electron chi connectivity index (χ2n) is 7.26. The summed E-state index contributed by atoms with van der Waals surface area (Å²) < 4.78 is 20.9. The first-order valence-electron chi connectivity index (χ1n) is 10.3. The number of ether oxygens (including phenoxy) is 3. The molecule has 13 nitrogen and oxygen atoms in total. The molecule has 3 amide bonds. The number of urea groups is 1. The maximum absolute atomic E-state index is 12.8. The minimum Gasteiger partial charge on any atom is -0.493 e. The minimum atomic E-state index is -0.676. The maximum atomic E-state index is 12.8. The van der Waals surface area contributed by atoms with E-state index in [-0.39, 0.29) is 41.1 Å². The average Bonchev–Trinajstić information content (AvgIpc) is 3.45. The monoisotopic (exact) mass is 494 g/mol. The molecule has 0 spiro atoms. The van der Waals surface area contributed by atoms with Crippen molar-refractivity contribution in [2.75, 3.05) is 14.2 Å². The summed E-state index contributed by atoms with van der Waals surface area (Å²) >= 11 is 0. The number of benzene rings is 1. The Labute approximate surface area is 203 Å². The number of nitrogens with zero attached hydrogens (tertiary/aromatic N) is 3. The molecule has 3 heterocycles. The third-order valence-electron chi connectivity index (χ3n) is 4.97. The summed E-state index contributed by atoms with van der Waals surface area (Å²) in [6.07, 6.45) is 2.53. The summed E-state index contributed by atoms with van der Waals surface area (Å²) in [6.45, 7) is -0.183. The highest BCUT2D eigenvalue weighted by atomic mass is 16.6. The zero-order chi connectivity index (χ0) is 25.8. The molecule has 184 valence electrons. The topological polar surface area (TPSA) is 163 Å². The Bertz CT molecular complexity index is 1380. The third-order valence-corrected chi connectivity index (χ3v) is 4.97. The molecule has 1 fully saturated rings. The lowest BCUT2D eigenvalue weighted by Gasteiger charge is -2.10. The van der Waals surface area contributed by atoms with Gasteiger partial charge in [-0.15, -0.1) is 0 Å². The number of nitro groups is 1. The van der Waals surface area contributed by atoms with E-state index in [1.807, 2.05) is 0 Å². The van der Waals surface area contributed by atoms with E-state index >= 15 is 0 Å². The zero-order valence-corrected chi connectivity index (χ0v) is 18.9. The molecule has 1 aromatic carbocycles. The van der Waals surface area contributed by atoms with Crippen molar-refractivity contribution in [2.24, 2.45) is 0 Å². The van der Waals surface area contributed by atoms with E-state index in [0.717, 1.165) is 11.1 Å². The van der Waals surface area contributed by atoms with Gasteiger partial charge in [-0.1, -0.05) is 6.07 Å². The van der Waals surface area contributed by atoms with Crippen LogP contribution < -0.4 is 14.8 Å². The number of carbonyl (C=O) groups excluding carboxylic acids is 3. The second-order valence-corrected chi connectivity index (χ2v) is 7.26. The van der Waals surface area contributed by atoms with E-state index in [1.54, 1.807) is 18.2 Å². The Morgan fingerprint density at radius 3 is 2.64 bits per heavy atom. The fraction of sp³-hybridized carbons (Fsp3) is 0.130. The van der Waals surface area contributed by atoms with Gasteiger partial charge in [-0.25, -0.2) is 14.6 Å². The summed E-state index contributed by atoms with van der Waals surface area (Å²) in [4.78, 5) is 51.7. The minimum absolute atomic E-state index is 0.0208. The number of rotatable bonds is 8. The molecule has 4 rings (SSSR count). The number of esters is 1. The van der Waals surface area contributed by atoms with Crippen molar-refractivity contribution in [2.45, 2.75) is 6.54 Å². The highest BCUT2D eigenvalue weighted by Gasteiger charge is 2.34. The fourth-order valence-corrected chi connectivity index (χ4v) is 3.22. The average molecular weight is 494 g/mol. The van der Waals surface area contributed by atoms with Crippen molar-refractivity contribution >= 4 is 29.7 Å². The lowest BCUT2D eigenvalue weighted by molar-refractivity contribution is -0.385. The SMILES string of the molecule is COC(=O)c1ccc(CN2C(=O)NC(=Cc3ccc(Oc4ccc([N+](=O)[O-])cn4)c(OC)c3)C2=O)o1. The number of imide groups is 1. The highest BCUT2D eigenvalue weighted by Crippen LogP contribution is 2.33. The van der Waals surface area contributed by atoms with Gasteiger partial charge in [0.15, 0.2) is 11.5 Å². The fourth-order valence-electron chi connectivity index (χ4n) is 3.22. The number of methoxy groups -OCH3 is 2. The predicted molar refractivity (Wildman–Crippen MR) is 121 cm³/mol. The van der Waals surface area contributed by atoms with Crippen molar-refractivity contribution < 1.29 is 37.9 Å². The molecule has 1 saturated heterocycles. The summed E-state index contributed by atoms with van der Waals surface area (Å²) in [5, 5.41) is 13.3. The van der Waals surface area contributed by atoms with Crippen molar-refractivity contribution in [1.29, 1.82) is 0 Å². The molecular weight excluding hydrogens is 476 g/mol. The summed E-state index contributed by atoms with van der Waals surface area (Å²) in [5.74, 6) is -0.396. The first-order valence-corrected chi connectivity index (χ1v) is 10.3. The second kappa shape index (κ2) is 9.97. The molecule has 1 N–H and O–H groups in total. The number of hydrogen-bond donors (Lipinski definition) is 1. The van der Waals surface area contributed by atoms with Gasteiger partial charge in [-0.3, -0.25) is 19.8 Å². The number of carbonyl (C=O) groups is 3. The Kier molecular flexibility index (Phi) is 6.63. The lowest BCUT2D eigenvalue weighted by Crippen LogP contribution is -2.30. The largest absolute Gasteiger partial charge is 0.493 e. The molecule has 0 radical (unpaired) electrons. The van der Waals surface area contributed by atoms with Gasteiger partial charge in [0.05, 0.1) is 25.7 Å². The summed E-state index contributed by atoms with van der Waals surface area (Å²) in [6, 6.07) is 9.56. The Balaban J connectivity index is 1.49. The van der Waals surface area contributed by atoms with Crippen LogP contribution in [0.3, 0.4) is 0 Å². The number of hydrogen-bond acceptors (Lipinski definition) is 10. The van der Waals surface area contributed by atoms with Crippen molar-refractivity contribution in [1.82, 2.24) is 15.2 Å². The van der Waals surface area contributed by atoms with E-state index in [4.69, 9.17) is 13.9 Å². The van der Waals surface area contributed by atoms with Gasteiger partial charge in [0.1, 0.15) is 17.7 Å². The molecule has 0 atom stereocenters. The van der Waals surface area contributed by atoms with Crippen LogP contribution in [0.25, 0.3) is 6.08 Å². The van der Waals surface area contributed by atoms with E-state index in [9.17, 15) is 24.5 Å². The van der Waals surface area contributed by atoms with E-state index in [1.165, 1.54) is 44.6 Å². The zero-order valence-electron chi connectivity index (χ0n) is 18.9. The lowest BCUT2D eigenvalue weighted by atomic mass is 10.1. The van der Waals surface area contributed by atoms with Crippen LogP contribution in [-0.4, -0.2) is 46.9 Å². The van der Waals surface area contributed by atoms with E-state index in [2.05, 4.69) is 15.0 Å². The van der Waals surface area contributed by atoms with Crippen LogP contribution in [0.2, 0.25) is 0 Å². The summed E-state index contributed by atoms with van der Waals surface area (Å²) in [5.41, 5.74) is 0.365. The number of aromatic nitrogens is 1. The number of pyridine rings is 1. The molecule has 0 bridgehead atoms. The van der Waals surface area contributed by atoms with Crippen LogP contribution in [0.15, 0.2) is 58.8 Å². The maximum Gasteiger partial charge on any atom is 0.373 e. The Morgan fingerprint density at radius 2 is 1.97 bits per heavy atom. The normalized spacial score (nSPS) is 14.1. The van der Waals surface area contributed by atoms with Crippen LogP contribution in [0, 0.1) is 10.1 Å². The Morgan fingerprint density at radius 1 is 1.17 bits per heavy atom. The van der Waals surface area contributed by atoms with Crippen LogP contribution >= 0.6 is 0 Å². The molecule has 0 saturated carbocycles. The standard InChI is InChI=1S/C23H18N4O9/c1-33-19-10-13(3-6-17(19)36-20-8-4-14(11-24-20)27(31)32)9-16-21(28)26(23(30)25-16)12-15-5-7-18(35-15)22(29)34-2/h3-11H,12H2,1-2H3,(H,25,30). The van der Waals surface area contributed by atoms with Crippen LogP contribution in [-0.2, 0) is 16.1 Å². The molecule has 0 aliphatic carbocycles. The molecule has 36 heavy (non-hydrogen) atoms. The smallest absolute Gasteiger partial charge is 0.373 e. The van der Waals surface area contributed by atoms with Crippen molar-refractivity contribution in [3.05, 3.63) is 81.6 Å². The quantitative estimate of drug-likeness (QED) is 0.162. The van der Waals surface area contributed by atoms with Crippen molar-refractivity contribution in [3.63, 3.8) is 0 Å². The predicted octanol–water partition coefficient (Wildman–Crippen LogP) is 3.26. The molecule has 13 heteroatoms. The van der Waals surface area contributed by atoms with Gasteiger partial charge >= 0.3 is 12.0 Å². The number of amides is 3. The molecule has 1 aliphatic heterocycles. The van der Waals surface area contributed by atoms with Crippen LogP contribution in [0.4, 0.5) is 10.5 Å². The van der Waals surface area contributed by atoms with Gasteiger partial charge < -0.3 is 23.9 Å². The molecular formula is C23H18N4O9. The Hall–Kier alpha value is -5.20. The molecule has 2 aromatic heterocycles. The van der Waals surface area contributed by atoms with Crippen LogP contribution in [0.1, 0.15) is 21.9 Å². The van der Waals surface area contributed by atoms with Crippen LogP contribution in [0.5, 0.6) is 17.4 Å². The van der Waals surface area contributed by atoms with Gasteiger partial charge in [0, 0.05) is 12.1 Å². The van der Waals surface area contributed by atoms with Gasteiger partial charge in [0.2, 0.25) is 11.6 Å². The third kappa shape index (κ3) is 4.99. The van der Waals surface area contributed by atoms with Crippen molar-refractivity contribution in [3.8, 4) is 17.4 Å². The van der Waals surface area contributed by atoms with Gasteiger partial charge in [-0.05, 0) is 35.9 Å². The summed E-state index contributed by atoms with van der Waals surface area (Å²) in [7, 11) is 2.62. The van der Waals surface area contributed by atoms with E-state index < -0.39 is 22.8 Å². The molecule has 0 unspecified atom stereocenters. The number of furan rings is 1. The first kappa shape index (κ1) is 23.9. The first-order chi connectivity index (χ1) is 17.3. The number of nitrogens with one attached hydrogen (secondary N) is 1.